The van der Waals surface area contributed by atoms with Crippen LogP contribution in [0.25, 0.3) is 0 Å². The Labute approximate surface area is 142 Å². The molecule has 0 aromatic heterocycles. The number of amides is 1. The molecule has 0 saturated heterocycles. The maximum Gasteiger partial charge on any atom is 0.251 e. The number of carbonyl (C=O) groups is 1. The van der Waals surface area contributed by atoms with Crippen LogP contribution >= 0.6 is 0 Å². The lowest BCUT2D eigenvalue weighted by molar-refractivity contribution is 0.0951. The Morgan fingerprint density at radius 2 is 1.92 bits per heavy atom. The first-order valence-electron chi connectivity index (χ1n) is 8.15. The van der Waals surface area contributed by atoms with Gasteiger partial charge in [0, 0.05) is 18.2 Å². The number of ether oxygens (including phenoxy) is 2. The van der Waals surface area contributed by atoms with E-state index in [4.69, 9.17) is 9.47 Å². The molecule has 126 valence electrons. The molecule has 0 radical (unpaired) electrons. The summed E-state index contributed by atoms with van der Waals surface area (Å²) in [6.45, 7) is 0.829. The molecule has 2 N–H and O–H groups in total. The van der Waals surface area contributed by atoms with E-state index in [0.717, 1.165) is 12.8 Å². The number of likely N-dealkylation sites (N-methyl/N-ethyl adjacent to an activating group) is 1. The van der Waals surface area contributed by atoms with Crippen LogP contribution in [0.15, 0.2) is 48.5 Å². The maximum absolute atomic E-state index is 12.2. The standard InChI is InChI=1S/C19H22N2O3/c1-20-16(11-14-5-3-2-4-6-14)9-10-21-19(22)15-7-8-17-18(12-15)24-13-23-17/h2-8,12,16,20H,9-11,13H2,1H3,(H,21,22). The summed E-state index contributed by atoms with van der Waals surface area (Å²) in [5.74, 6) is 1.22. The largest absolute Gasteiger partial charge is 0.454 e. The summed E-state index contributed by atoms with van der Waals surface area (Å²) in [5.41, 5.74) is 1.88. The van der Waals surface area contributed by atoms with Crippen molar-refractivity contribution in [2.45, 2.75) is 18.9 Å². The first-order valence-corrected chi connectivity index (χ1v) is 8.15. The second-order valence-corrected chi connectivity index (χ2v) is 5.79. The summed E-state index contributed by atoms with van der Waals surface area (Å²) in [7, 11) is 1.95. The molecule has 1 unspecified atom stereocenters. The van der Waals surface area contributed by atoms with Crippen LogP contribution in [0.2, 0.25) is 0 Å². The molecule has 1 amide bonds. The third-order valence-corrected chi connectivity index (χ3v) is 4.15. The molecule has 3 rings (SSSR count). The van der Waals surface area contributed by atoms with Crippen molar-refractivity contribution in [3.8, 4) is 11.5 Å². The van der Waals surface area contributed by atoms with Gasteiger partial charge in [-0.2, -0.15) is 0 Å². The van der Waals surface area contributed by atoms with Gasteiger partial charge in [0.1, 0.15) is 0 Å². The number of hydrogen-bond acceptors (Lipinski definition) is 4. The van der Waals surface area contributed by atoms with Crippen molar-refractivity contribution < 1.29 is 14.3 Å². The van der Waals surface area contributed by atoms with Gasteiger partial charge in [0.2, 0.25) is 6.79 Å². The Kier molecular flexibility index (Phi) is 5.33. The van der Waals surface area contributed by atoms with Gasteiger partial charge in [0.25, 0.3) is 5.91 Å². The van der Waals surface area contributed by atoms with Crippen LogP contribution in [-0.2, 0) is 6.42 Å². The molecule has 0 saturated carbocycles. The quantitative estimate of drug-likeness (QED) is 0.820. The highest BCUT2D eigenvalue weighted by molar-refractivity contribution is 5.94. The molecular weight excluding hydrogens is 304 g/mol. The molecule has 1 aliphatic heterocycles. The molecule has 5 heteroatoms. The van der Waals surface area contributed by atoms with Crippen LogP contribution in [0.5, 0.6) is 11.5 Å². The highest BCUT2D eigenvalue weighted by atomic mass is 16.7. The summed E-state index contributed by atoms with van der Waals surface area (Å²) in [6.07, 6.45) is 1.80. The van der Waals surface area contributed by atoms with Crippen molar-refractivity contribution in [3.05, 3.63) is 59.7 Å². The molecule has 0 fully saturated rings. The Morgan fingerprint density at radius 1 is 1.12 bits per heavy atom. The van der Waals surface area contributed by atoms with E-state index in [2.05, 4.69) is 22.8 Å². The fraction of sp³-hybridized carbons (Fsp3) is 0.316. The Morgan fingerprint density at radius 3 is 2.71 bits per heavy atom. The number of fused-ring (bicyclic) bond motifs is 1. The zero-order valence-electron chi connectivity index (χ0n) is 13.7. The zero-order chi connectivity index (χ0) is 16.8. The Balaban J connectivity index is 1.49. The van der Waals surface area contributed by atoms with Crippen LogP contribution in [-0.4, -0.2) is 32.3 Å². The number of carbonyl (C=O) groups excluding carboxylic acids is 1. The topological polar surface area (TPSA) is 59.6 Å². The first kappa shape index (κ1) is 16.3. The predicted octanol–water partition coefficient (Wildman–Crippen LogP) is 2.37. The van der Waals surface area contributed by atoms with E-state index in [0.29, 0.717) is 29.6 Å². The van der Waals surface area contributed by atoms with Gasteiger partial charge < -0.3 is 20.1 Å². The lowest BCUT2D eigenvalue weighted by Gasteiger charge is -2.16. The van der Waals surface area contributed by atoms with Gasteiger partial charge in [-0.15, -0.1) is 0 Å². The molecule has 5 nitrogen and oxygen atoms in total. The summed E-state index contributed by atoms with van der Waals surface area (Å²) >= 11 is 0. The second kappa shape index (κ2) is 7.84. The maximum atomic E-state index is 12.2. The van der Waals surface area contributed by atoms with Gasteiger partial charge in [0.15, 0.2) is 11.5 Å². The average molecular weight is 326 g/mol. The molecule has 0 aliphatic carbocycles. The summed E-state index contributed by atoms with van der Waals surface area (Å²) in [5, 5.41) is 6.28. The molecule has 1 aliphatic rings. The van der Waals surface area contributed by atoms with Gasteiger partial charge in [0.05, 0.1) is 0 Å². The van der Waals surface area contributed by atoms with Crippen molar-refractivity contribution in [1.82, 2.24) is 10.6 Å². The second-order valence-electron chi connectivity index (χ2n) is 5.79. The minimum absolute atomic E-state index is 0.0946. The summed E-state index contributed by atoms with van der Waals surface area (Å²) in [6, 6.07) is 15.9. The molecule has 0 spiro atoms. The van der Waals surface area contributed by atoms with Gasteiger partial charge >= 0.3 is 0 Å². The minimum Gasteiger partial charge on any atom is -0.454 e. The van der Waals surface area contributed by atoms with Gasteiger partial charge in [-0.05, 0) is 43.7 Å². The van der Waals surface area contributed by atoms with Crippen molar-refractivity contribution in [2.24, 2.45) is 0 Å². The van der Waals surface area contributed by atoms with Crippen molar-refractivity contribution in [1.29, 1.82) is 0 Å². The Hall–Kier alpha value is -2.53. The van der Waals surface area contributed by atoms with E-state index in [1.807, 2.05) is 25.2 Å². The number of nitrogens with one attached hydrogen (secondary N) is 2. The SMILES string of the molecule is CNC(CCNC(=O)c1ccc2c(c1)OCO2)Cc1ccccc1. The van der Waals surface area contributed by atoms with Crippen molar-refractivity contribution in [2.75, 3.05) is 20.4 Å². The van der Waals surface area contributed by atoms with Crippen molar-refractivity contribution >= 4 is 5.91 Å². The van der Waals surface area contributed by atoms with Crippen LogP contribution in [0.1, 0.15) is 22.3 Å². The van der Waals surface area contributed by atoms with Gasteiger partial charge in [-0.25, -0.2) is 0 Å². The van der Waals surface area contributed by atoms with Crippen LogP contribution in [0.3, 0.4) is 0 Å². The third kappa shape index (κ3) is 4.06. The van der Waals surface area contributed by atoms with E-state index in [9.17, 15) is 4.79 Å². The molecule has 2 aromatic rings. The summed E-state index contributed by atoms with van der Waals surface area (Å²) in [4.78, 5) is 12.2. The van der Waals surface area contributed by atoms with Crippen LogP contribution in [0, 0.1) is 0 Å². The van der Waals surface area contributed by atoms with Crippen molar-refractivity contribution in [3.63, 3.8) is 0 Å². The highest BCUT2D eigenvalue weighted by Gasteiger charge is 2.16. The third-order valence-electron chi connectivity index (χ3n) is 4.15. The predicted molar refractivity (Wildman–Crippen MR) is 92.5 cm³/mol. The number of hydrogen-bond donors (Lipinski definition) is 2. The summed E-state index contributed by atoms with van der Waals surface area (Å²) < 4.78 is 10.6. The smallest absolute Gasteiger partial charge is 0.251 e. The lowest BCUT2D eigenvalue weighted by Crippen LogP contribution is -2.33. The zero-order valence-corrected chi connectivity index (χ0v) is 13.7. The minimum atomic E-state index is -0.0946. The molecule has 0 bridgehead atoms. The highest BCUT2D eigenvalue weighted by Crippen LogP contribution is 2.32. The van der Waals surface area contributed by atoms with E-state index in [1.54, 1.807) is 18.2 Å². The molecule has 1 heterocycles. The van der Waals surface area contributed by atoms with Gasteiger partial charge in [-0.3, -0.25) is 4.79 Å². The molecule has 2 aromatic carbocycles. The normalized spacial score (nSPS) is 13.5. The molecular formula is C19H22N2O3. The lowest BCUT2D eigenvalue weighted by atomic mass is 10.0. The van der Waals surface area contributed by atoms with Gasteiger partial charge in [-0.1, -0.05) is 30.3 Å². The van der Waals surface area contributed by atoms with Crippen LogP contribution in [0.4, 0.5) is 0 Å². The molecule has 24 heavy (non-hydrogen) atoms. The molecule has 1 atom stereocenters. The van der Waals surface area contributed by atoms with E-state index >= 15 is 0 Å². The first-order chi connectivity index (χ1) is 11.8. The van der Waals surface area contributed by atoms with E-state index in [-0.39, 0.29) is 12.7 Å². The fourth-order valence-electron chi connectivity index (χ4n) is 2.75. The van der Waals surface area contributed by atoms with E-state index < -0.39 is 0 Å². The van der Waals surface area contributed by atoms with E-state index in [1.165, 1.54) is 5.56 Å². The Bertz CT molecular complexity index is 688. The number of rotatable bonds is 7. The fourth-order valence-corrected chi connectivity index (χ4v) is 2.75. The number of benzene rings is 2. The monoisotopic (exact) mass is 326 g/mol. The average Bonchev–Trinajstić information content (AvgIpc) is 3.09. The van der Waals surface area contributed by atoms with Crippen LogP contribution < -0.4 is 20.1 Å².